The van der Waals surface area contributed by atoms with E-state index in [9.17, 15) is 14.7 Å². The number of morpholine rings is 1. The molecule has 0 aromatic heterocycles. The predicted molar refractivity (Wildman–Crippen MR) is 117 cm³/mol. The van der Waals surface area contributed by atoms with Gasteiger partial charge in [-0.2, -0.15) is 0 Å². The van der Waals surface area contributed by atoms with Gasteiger partial charge in [0.1, 0.15) is 12.2 Å². The number of carbonyl (C=O) groups is 2. The highest BCUT2D eigenvalue weighted by atomic mass is 35.5. The van der Waals surface area contributed by atoms with E-state index in [1.54, 1.807) is 29.2 Å². The van der Waals surface area contributed by atoms with Gasteiger partial charge < -0.3 is 14.7 Å². The summed E-state index contributed by atoms with van der Waals surface area (Å²) in [6.45, 7) is 4.05. The van der Waals surface area contributed by atoms with Gasteiger partial charge in [-0.25, -0.2) is 0 Å². The van der Waals surface area contributed by atoms with E-state index in [2.05, 4.69) is 6.92 Å². The molecule has 0 unspecified atom stereocenters. The van der Waals surface area contributed by atoms with Crippen LogP contribution in [-0.4, -0.2) is 34.0 Å². The second kappa shape index (κ2) is 9.82. The summed E-state index contributed by atoms with van der Waals surface area (Å²) in [4.78, 5) is 26.6. The number of carboxylic acid groups (broad SMARTS) is 1. The lowest BCUT2D eigenvalue weighted by molar-refractivity contribution is -0.183. The van der Waals surface area contributed by atoms with Crippen molar-refractivity contribution in [2.24, 2.45) is 0 Å². The highest BCUT2D eigenvalue weighted by Crippen LogP contribution is 2.44. The lowest BCUT2D eigenvalue weighted by Crippen LogP contribution is -2.54. The molecule has 1 N–H and O–H groups in total. The van der Waals surface area contributed by atoms with Crippen LogP contribution in [0.5, 0.6) is 0 Å². The number of carboxylic acids is 1. The first-order valence-corrected chi connectivity index (χ1v) is 10.8. The summed E-state index contributed by atoms with van der Waals surface area (Å²) in [6, 6.07) is 14.1. The van der Waals surface area contributed by atoms with Crippen LogP contribution < -0.4 is 0 Å². The summed E-state index contributed by atoms with van der Waals surface area (Å²) in [5, 5.41) is 10.5. The Morgan fingerprint density at radius 3 is 2.43 bits per heavy atom. The topological polar surface area (TPSA) is 66.8 Å². The van der Waals surface area contributed by atoms with E-state index in [-0.39, 0.29) is 11.9 Å². The van der Waals surface area contributed by atoms with Gasteiger partial charge in [-0.3, -0.25) is 9.59 Å². The van der Waals surface area contributed by atoms with Gasteiger partial charge in [0.05, 0.1) is 12.5 Å². The van der Waals surface area contributed by atoms with Crippen LogP contribution in [0.4, 0.5) is 0 Å². The standard InChI is InChI=1S/C23H25Cl2NO4/c1-3-5-14(2)26-21(15-8-10-17(24)11-9-15)22(16-6-4-7-18(25)12-16)30-19(23(26)29)13-20(27)28/h4,6-12,14,19,21-22H,3,5,13H2,1-2H3,(H,27,28)/t14-,19-,21+,22-/m0/s1. The van der Waals surface area contributed by atoms with Gasteiger partial charge in [0, 0.05) is 16.1 Å². The number of benzene rings is 2. The maximum Gasteiger partial charge on any atom is 0.306 e. The van der Waals surface area contributed by atoms with Crippen LogP contribution in [0.15, 0.2) is 48.5 Å². The monoisotopic (exact) mass is 449 g/mol. The molecule has 2 aromatic rings. The second-order valence-corrected chi connectivity index (χ2v) is 8.45. The fourth-order valence-electron chi connectivity index (χ4n) is 4.04. The fraction of sp³-hybridized carbons (Fsp3) is 0.391. The van der Waals surface area contributed by atoms with Gasteiger partial charge in [-0.05, 0) is 48.7 Å². The Labute approximate surface area is 186 Å². The number of hydrogen-bond acceptors (Lipinski definition) is 3. The summed E-state index contributed by atoms with van der Waals surface area (Å²) in [5.74, 6) is -1.39. The molecule has 7 heteroatoms. The number of ether oxygens (including phenoxy) is 1. The van der Waals surface area contributed by atoms with E-state index in [0.717, 1.165) is 24.0 Å². The molecule has 1 aliphatic heterocycles. The lowest BCUT2D eigenvalue weighted by atomic mass is 9.89. The number of carbonyl (C=O) groups excluding carboxylic acids is 1. The largest absolute Gasteiger partial charge is 0.481 e. The Morgan fingerprint density at radius 2 is 1.83 bits per heavy atom. The minimum atomic E-state index is -1.08. The first kappa shape index (κ1) is 22.6. The number of hydrogen-bond donors (Lipinski definition) is 1. The van der Waals surface area contributed by atoms with E-state index in [1.165, 1.54) is 0 Å². The molecule has 30 heavy (non-hydrogen) atoms. The van der Waals surface area contributed by atoms with Crippen molar-refractivity contribution in [1.29, 1.82) is 0 Å². The van der Waals surface area contributed by atoms with Crippen LogP contribution in [0.2, 0.25) is 10.0 Å². The first-order valence-electron chi connectivity index (χ1n) is 10.0. The van der Waals surface area contributed by atoms with E-state index < -0.39 is 30.6 Å². The molecular weight excluding hydrogens is 425 g/mol. The molecule has 0 radical (unpaired) electrons. The van der Waals surface area contributed by atoms with Gasteiger partial charge in [0.25, 0.3) is 5.91 Å². The highest BCUT2D eigenvalue weighted by molar-refractivity contribution is 6.30. The summed E-state index contributed by atoms with van der Waals surface area (Å²) in [7, 11) is 0. The Bertz CT molecular complexity index is 902. The van der Waals surface area contributed by atoms with Crippen molar-refractivity contribution in [2.45, 2.75) is 57.4 Å². The SMILES string of the molecule is CCC[C@H](C)N1C(=O)[C@H](CC(=O)O)O[C@@H](c2cccc(Cl)c2)[C@H]1c1ccc(Cl)cc1. The molecule has 5 nitrogen and oxygen atoms in total. The molecule has 3 rings (SSSR count). The van der Waals surface area contributed by atoms with Crippen LogP contribution in [-0.2, 0) is 14.3 Å². The maximum atomic E-state index is 13.4. The molecule has 0 bridgehead atoms. The first-order chi connectivity index (χ1) is 14.3. The second-order valence-electron chi connectivity index (χ2n) is 7.58. The molecular formula is C23H25Cl2NO4. The molecule has 1 fully saturated rings. The summed E-state index contributed by atoms with van der Waals surface area (Å²) in [5.41, 5.74) is 1.66. The molecule has 1 aliphatic rings. The Hall–Kier alpha value is -2.08. The van der Waals surface area contributed by atoms with Gasteiger partial charge in [0.2, 0.25) is 0 Å². The molecule has 1 saturated heterocycles. The third-order valence-electron chi connectivity index (χ3n) is 5.36. The van der Waals surface area contributed by atoms with Crippen molar-refractivity contribution in [3.63, 3.8) is 0 Å². The number of aliphatic carboxylic acids is 1. The van der Waals surface area contributed by atoms with Crippen molar-refractivity contribution < 1.29 is 19.4 Å². The van der Waals surface area contributed by atoms with E-state index in [1.807, 2.05) is 31.2 Å². The Morgan fingerprint density at radius 1 is 1.13 bits per heavy atom. The zero-order valence-electron chi connectivity index (χ0n) is 16.9. The summed E-state index contributed by atoms with van der Waals surface area (Å²) < 4.78 is 6.14. The minimum absolute atomic E-state index is 0.0925. The molecule has 1 amide bonds. The number of rotatable bonds is 7. The number of amides is 1. The zero-order chi connectivity index (χ0) is 21.8. The maximum absolute atomic E-state index is 13.4. The van der Waals surface area contributed by atoms with Gasteiger partial charge >= 0.3 is 5.97 Å². The van der Waals surface area contributed by atoms with Gasteiger partial charge in [-0.15, -0.1) is 0 Å². The lowest BCUT2D eigenvalue weighted by Gasteiger charge is -2.47. The Kier molecular flexibility index (Phi) is 7.40. The highest BCUT2D eigenvalue weighted by Gasteiger charge is 2.46. The normalized spacial score (nSPS) is 22.7. The molecule has 4 atom stereocenters. The Balaban J connectivity index is 2.14. The minimum Gasteiger partial charge on any atom is -0.481 e. The van der Waals surface area contributed by atoms with Crippen molar-refractivity contribution >= 4 is 35.1 Å². The van der Waals surface area contributed by atoms with Crippen molar-refractivity contribution in [1.82, 2.24) is 4.90 Å². The molecule has 1 heterocycles. The number of nitrogens with zero attached hydrogens (tertiary/aromatic N) is 1. The smallest absolute Gasteiger partial charge is 0.306 e. The van der Waals surface area contributed by atoms with E-state index in [0.29, 0.717) is 10.0 Å². The molecule has 0 saturated carbocycles. The number of halogens is 2. The molecule has 160 valence electrons. The van der Waals surface area contributed by atoms with Crippen molar-refractivity contribution in [3.05, 3.63) is 69.7 Å². The third kappa shape index (κ3) is 4.97. The molecule has 0 aliphatic carbocycles. The molecule has 0 spiro atoms. The summed E-state index contributed by atoms with van der Waals surface area (Å²) >= 11 is 12.3. The van der Waals surface area contributed by atoms with Crippen LogP contribution in [0.25, 0.3) is 0 Å². The van der Waals surface area contributed by atoms with Crippen LogP contribution in [0, 0.1) is 0 Å². The fourth-order valence-corrected chi connectivity index (χ4v) is 4.37. The average molecular weight is 450 g/mol. The van der Waals surface area contributed by atoms with Crippen molar-refractivity contribution in [3.8, 4) is 0 Å². The van der Waals surface area contributed by atoms with Crippen molar-refractivity contribution in [2.75, 3.05) is 0 Å². The average Bonchev–Trinajstić information content (AvgIpc) is 2.69. The van der Waals surface area contributed by atoms with Crippen LogP contribution in [0.1, 0.15) is 56.4 Å². The summed E-state index contributed by atoms with van der Waals surface area (Å²) in [6.07, 6.45) is -0.332. The van der Waals surface area contributed by atoms with Crippen LogP contribution in [0.3, 0.4) is 0 Å². The predicted octanol–water partition coefficient (Wildman–Crippen LogP) is 5.67. The van der Waals surface area contributed by atoms with E-state index >= 15 is 0 Å². The molecule has 2 aromatic carbocycles. The van der Waals surface area contributed by atoms with Gasteiger partial charge in [0.15, 0.2) is 0 Å². The van der Waals surface area contributed by atoms with Gasteiger partial charge in [-0.1, -0.05) is 60.8 Å². The van der Waals surface area contributed by atoms with E-state index in [4.69, 9.17) is 27.9 Å². The quantitative estimate of drug-likeness (QED) is 0.591. The zero-order valence-corrected chi connectivity index (χ0v) is 18.4. The third-order valence-corrected chi connectivity index (χ3v) is 5.84. The van der Waals surface area contributed by atoms with Crippen LogP contribution >= 0.6 is 23.2 Å².